The van der Waals surface area contributed by atoms with Crippen LogP contribution in [0.4, 0.5) is 0 Å². The zero-order chi connectivity index (χ0) is 12.4. The Morgan fingerprint density at radius 1 is 0.889 bits per heavy atom. The molecule has 0 radical (unpaired) electrons. The fraction of sp³-hybridized carbons (Fsp3) is 0.0625. The average Bonchev–Trinajstić information content (AvgIpc) is 2.94. The van der Waals surface area contributed by atoms with E-state index in [1.807, 2.05) is 11.6 Å². The summed E-state index contributed by atoms with van der Waals surface area (Å²) in [5.74, 6) is 0. The molecule has 0 saturated carbocycles. The molecule has 0 saturated heterocycles. The first-order valence-electron chi connectivity index (χ1n) is 5.90. The second-order valence-electron chi connectivity index (χ2n) is 4.23. The van der Waals surface area contributed by atoms with E-state index in [2.05, 4.69) is 60.4 Å². The van der Waals surface area contributed by atoms with E-state index in [1.165, 1.54) is 22.3 Å². The maximum Gasteiger partial charge on any atom is 0.123 e. The summed E-state index contributed by atoms with van der Waals surface area (Å²) in [6, 6.07) is 17.1. The van der Waals surface area contributed by atoms with Crippen LogP contribution in [0.25, 0.3) is 21.7 Å². The normalized spacial score (nSPS) is 10.5. The molecule has 1 nitrogen and oxygen atoms in total. The number of nitrogens with zero attached hydrogens (tertiary/aromatic N) is 1. The second-order valence-corrected chi connectivity index (χ2v) is 5.12. The van der Waals surface area contributed by atoms with Crippen LogP contribution in [-0.2, 0) is 0 Å². The van der Waals surface area contributed by atoms with Gasteiger partial charge < -0.3 is 0 Å². The van der Waals surface area contributed by atoms with Crippen molar-refractivity contribution in [3.8, 4) is 21.7 Å². The minimum atomic E-state index is 1.08. The van der Waals surface area contributed by atoms with Crippen molar-refractivity contribution in [3.63, 3.8) is 0 Å². The van der Waals surface area contributed by atoms with Gasteiger partial charge in [-0.2, -0.15) is 0 Å². The predicted molar refractivity (Wildman–Crippen MR) is 77.7 cm³/mol. The van der Waals surface area contributed by atoms with Crippen molar-refractivity contribution in [1.29, 1.82) is 0 Å². The highest BCUT2D eigenvalue weighted by Crippen LogP contribution is 2.27. The van der Waals surface area contributed by atoms with Crippen LogP contribution < -0.4 is 0 Å². The number of aryl methyl sites for hydroxylation is 1. The molecule has 0 aliphatic heterocycles. The van der Waals surface area contributed by atoms with Gasteiger partial charge in [0.15, 0.2) is 0 Å². The molecule has 88 valence electrons. The molecular formula is C16H13NS. The molecule has 3 rings (SSSR count). The molecule has 0 aliphatic carbocycles. The Balaban J connectivity index is 1.99. The maximum atomic E-state index is 4.32. The van der Waals surface area contributed by atoms with Crippen LogP contribution in [0.5, 0.6) is 0 Å². The number of rotatable bonds is 2. The van der Waals surface area contributed by atoms with Crippen molar-refractivity contribution in [2.75, 3.05) is 0 Å². The first kappa shape index (κ1) is 11.2. The Kier molecular flexibility index (Phi) is 2.95. The number of benzene rings is 2. The third-order valence-corrected chi connectivity index (χ3v) is 3.84. The van der Waals surface area contributed by atoms with E-state index < -0.39 is 0 Å². The zero-order valence-electron chi connectivity index (χ0n) is 10.1. The molecule has 0 unspecified atom stereocenters. The molecule has 0 amide bonds. The molecule has 0 atom stereocenters. The SMILES string of the molecule is Cc1ccccc1-c1ccc(-c2nccs2)cc1. The minimum absolute atomic E-state index is 1.08. The van der Waals surface area contributed by atoms with E-state index in [0.717, 1.165) is 5.01 Å². The molecule has 18 heavy (non-hydrogen) atoms. The fourth-order valence-electron chi connectivity index (χ4n) is 2.06. The standard InChI is InChI=1S/C16H13NS/c1-12-4-2-3-5-15(12)13-6-8-14(9-7-13)16-17-10-11-18-16/h2-11H,1H3. The summed E-state index contributed by atoms with van der Waals surface area (Å²) < 4.78 is 0. The van der Waals surface area contributed by atoms with Crippen molar-refractivity contribution in [2.24, 2.45) is 0 Å². The molecule has 0 N–H and O–H groups in total. The van der Waals surface area contributed by atoms with Gasteiger partial charge in [-0.05, 0) is 23.6 Å². The molecule has 1 heterocycles. The third kappa shape index (κ3) is 2.07. The van der Waals surface area contributed by atoms with Crippen LogP contribution >= 0.6 is 11.3 Å². The van der Waals surface area contributed by atoms with Crippen LogP contribution in [0, 0.1) is 6.92 Å². The second kappa shape index (κ2) is 4.75. The molecule has 0 spiro atoms. The summed E-state index contributed by atoms with van der Waals surface area (Å²) in [7, 11) is 0. The smallest absolute Gasteiger partial charge is 0.123 e. The lowest BCUT2D eigenvalue weighted by atomic mass is 10.00. The van der Waals surface area contributed by atoms with E-state index >= 15 is 0 Å². The lowest BCUT2D eigenvalue weighted by molar-refractivity contribution is 1.41. The predicted octanol–water partition coefficient (Wildman–Crippen LogP) is 4.79. The quantitative estimate of drug-likeness (QED) is 0.638. The summed E-state index contributed by atoms with van der Waals surface area (Å²) in [5.41, 5.74) is 5.04. The molecule has 0 aliphatic rings. The number of thiazole rings is 1. The molecule has 1 aromatic heterocycles. The highest BCUT2D eigenvalue weighted by molar-refractivity contribution is 7.13. The largest absolute Gasteiger partial charge is 0.245 e. The lowest BCUT2D eigenvalue weighted by Crippen LogP contribution is -1.83. The van der Waals surface area contributed by atoms with Gasteiger partial charge in [-0.15, -0.1) is 11.3 Å². The lowest BCUT2D eigenvalue weighted by Gasteiger charge is -2.06. The molecular weight excluding hydrogens is 238 g/mol. The van der Waals surface area contributed by atoms with Gasteiger partial charge in [0, 0.05) is 17.1 Å². The van der Waals surface area contributed by atoms with Crippen LogP contribution in [0.15, 0.2) is 60.1 Å². The Morgan fingerprint density at radius 3 is 2.28 bits per heavy atom. The molecule has 0 bridgehead atoms. The Bertz CT molecular complexity index is 639. The van der Waals surface area contributed by atoms with Crippen LogP contribution in [0.3, 0.4) is 0 Å². The van der Waals surface area contributed by atoms with Gasteiger partial charge in [-0.1, -0.05) is 48.5 Å². The maximum absolute atomic E-state index is 4.32. The molecule has 2 heteroatoms. The number of hydrogen-bond acceptors (Lipinski definition) is 2. The Labute approximate surface area is 111 Å². The van der Waals surface area contributed by atoms with E-state index in [1.54, 1.807) is 11.3 Å². The van der Waals surface area contributed by atoms with Crippen molar-refractivity contribution in [1.82, 2.24) is 4.98 Å². The van der Waals surface area contributed by atoms with Crippen molar-refractivity contribution < 1.29 is 0 Å². The van der Waals surface area contributed by atoms with E-state index in [0.29, 0.717) is 0 Å². The van der Waals surface area contributed by atoms with Gasteiger partial charge in [-0.3, -0.25) is 0 Å². The Morgan fingerprint density at radius 2 is 1.61 bits per heavy atom. The van der Waals surface area contributed by atoms with Gasteiger partial charge in [0.25, 0.3) is 0 Å². The monoisotopic (exact) mass is 251 g/mol. The fourth-order valence-corrected chi connectivity index (χ4v) is 2.70. The van der Waals surface area contributed by atoms with E-state index in [-0.39, 0.29) is 0 Å². The summed E-state index contributed by atoms with van der Waals surface area (Å²) in [6.07, 6.45) is 1.84. The molecule has 0 fully saturated rings. The first-order valence-corrected chi connectivity index (χ1v) is 6.78. The summed E-state index contributed by atoms with van der Waals surface area (Å²) >= 11 is 1.67. The van der Waals surface area contributed by atoms with E-state index in [4.69, 9.17) is 0 Å². The summed E-state index contributed by atoms with van der Waals surface area (Å²) in [4.78, 5) is 4.32. The van der Waals surface area contributed by atoms with Crippen LogP contribution in [-0.4, -0.2) is 4.98 Å². The summed E-state index contributed by atoms with van der Waals surface area (Å²) in [6.45, 7) is 2.14. The van der Waals surface area contributed by atoms with Crippen LogP contribution in [0.1, 0.15) is 5.56 Å². The minimum Gasteiger partial charge on any atom is -0.245 e. The molecule has 2 aromatic carbocycles. The third-order valence-electron chi connectivity index (χ3n) is 3.02. The average molecular weight is 251 g/mol. The number of hydrogen-bond donors (Lipinski definition) is 0. The zero-order valence-corrected chi connectivity index (χ0v) is 10.9. The van der Waals surface area contributed by atoms with E-state index in [9.17, 15) is 0 Å². The van der Waals surface area contributed by atoms with Gasteiger partial charge in [0.1, 0.15) is 5.01 Å². The van der Waals surface area contributed by atoms with Gasteiger partial charge in [0.2, 0.25) is 0 Å². The highest BCUT2D eigenvalue weighted by atomic mass is 32.1. The first-order chi connectivity index (χ1) is 8.84. The van der Waals surface area contributed by atoms with Crippen molar-refractivity contribution in [2.45, 2.75) is 6.92 Å². The highest BCUT2D eigenvalue weighted by Gasteiger charge is 2.03. The number of aromatic nitrogens is 1. The topological polar surface area (TPSA) is 12.9 Å². The van der Waals surface area contributed by atoms with Gasteiger partial charge in [-0.25, -0.2) is 4.98 Å². The van der Waals surface area contributed by atoms with Crippen molar-refractivity contribution >= 4 is 11.3 Å². The van der Waals surface area contributed by atoms with Gasteiger partial charge in [0.05, 0.1) is 0 Å². The molecule has 3 aromatic rings. The summed E-state index contributed by atoms with van der Waals surface area (Å²) in [5, 5.41) is 3.08. The van der Waals surface area contributed by atoms with Crippen molar-refractivity contribution in [3.05, 3.63) is 65.7 Å². The van der Waals surface area contributed by atoms with Gasteiger partial charge >= 0.3 is 0 Å². The Hall–Kier alpha value is -1.93. The van der Waals surface area contributed by atoms with Crippen LogP contribution in [0.2, 0.25) is 0 Å².